The summed E-state index contributed by atoms with van der Waals surface area (Å²) in [5.74, 6) is 0. The van der Waals surface area contributed by atoms with Crippen molar-refractivity contribution in [2.24, 2.45) is 0 Å². The summed E-state index contributed by atoms with van der Waals surface area (Å²) in [5.41, 5.74) is 1.86. The van der Waals surface area contributed by atoms with Crippen molar-refractivity contribution in [3.8, 4) is 11.1 Å². The predicted molar refractivity (Wildman–Crippen MR) is 73.0 cm³/mol. The molecule has 0 radical (unpaired) electrons. The number of rotatable bonds is 3. The van der Waals surface area contributed by atoms with E-state index in [2.05, 4.69) is 0 Å². The summed E-state index contributed by atoms with van der Waals surface area (Å²) < 4.78 is 37.4. The second kappa shape index (κ2) is 5.92. The molecule has 0 amide bonds. The smallest absolute Gasteiger partial charge is 0.392 e. The zero-order valence-electron chi connectivity index (χ0n) is 10.6. The fourth-order valence-corrected chi connectivity index (χ4v) is 1.83. The van der Waals surface area contributed by atoms with Crippen molar-refractivity contribution in [2.75, 3.05) is 6.61 Å². The van der Waals surface area contributed by atoms with Crippen LogP contribution in [0.25, 0.3) is 17.2 Å². The van der Waals surface area contributed by atoms with Crippen LogP contribution >= 0.6 is 0 Å². The third-order valence-corrected chi connectivity index (χ3v) is 2.87. The summed E-state index contributed by atoms with van der Waals surface area (Å²) in [6.45, 7) is -0.0271. The van der Waals surface area contributed by atoms with E-state index in [1.165, 1.54) is 12.1 Å². The van der Waals surface area contributed by atoms with Gasteiger partial charge in [0.05, 0.1) is 12.2 Å². The van der Waals surface area contributed by atoms with Crippen LogP contribution in [0.1, 0.15) is 11.1 Å². The highest BCUT2D eigenvalue weighted by Gasteiger charge is 2.29. The molecule has 0 atom stereocenters. The minimum atomic E-state index is -4.31. The SMILES string of the molecule is OC/C=C/c1ccc(-c2ccc(C(F)(F)F)cc2)cc1. The number of aliphatic hydroxyl groups is 1. The Bertz CT molecular complexity index is 581. The molecule has 0 spiro atoms. The first-order chi connectivity index (χ1) is 9.50. The first-order valence-corrected chi connectivity index (χ1v) is 6.06. The van der Waals surface area contributed by atoms with E-state index in [9.17, 15) is 13.2 Å². The van der Waals surface area contributed by atoms with Gasteiger partial charge in [-0.05, 0) is 28.8 Å². The Labute approximate surface area is 115 Å². The van der Waals surface area contributed by atoms with Gasteiger partial charge in [-0.15, -0.1) is 0 Å². The maximum Gasteiger partial charge on any atom is 0.416 e. The average molecular weight is 278 g/mol. The fraction of sp³-hybridized carbons (Fsp3) is 0.125. The summed E-state index contributed by atoms with van der Waals surface area (Å²) >= 11 is 0. The zero-order valence-corrected chi connectivity index (χ0v) is 10.6. The number of hydrogen-bond acceptors (Lipinski definition) is 1. The lowest BCUT2D eigenvalue weighted by Crippen LogP contribution is -2.03. The summed E-state index contributed by atoms with van der Waals surface area (Å²) in [4.78, 5) is 0. The van der Waals surface area contributed by atoms with Gasteiger partial charge in [0.25, 0.3) is 0 Å². The molecule has 0 fully saturated rings. The molecule has 0 aliphatic rings. The van der Waals surface area contributed by atoms with Crippen LogP contribution in [0.15, 0.2) is 54.6 Å². The molecular weight excluding hydrogens is 265 g/mol. The summed E-state index contributed by atoms with van der Waals surface area (Å²) in [6, 6.07) is 12.4. The van der Waals surface area contributed by atoms with E-state index in [4.69, 9.17) is 5.11 Å². The molecule has 0 bridgehead atoms. The van der Waals surface area contributed by atoms with Gasteiger partial charge < -0.3 is 5.11 Å². The highest BCUT2D eigenvalue weighted by Crippen LogP contribution is 2.31. The van der Waals surface area contributed by atoms with Crippen LogP contribution in [-0.2, 0) is 6.18 Å². The summed E-state index contributed by atoms with van der Waals surface area (Å²) in [6.07, 6.45) is -0.916. The van der Waals surface area contributed by atoms with Gasteiger partial charge in [0.1, 0.15) is 0 Å². The second-order valence-corrected chi connectivity index (χ2v) is 4.28. The lowest BCUT2D eigenvalue weighted by atomic mass is 10.0. The van der Waals surface area contributed by atoms with Crippen LogP contribution in [0.5, 0.6) is 0 Å². The van der Waals surface area contributed by atoms with Crippen molar-refractivity contribution in [1.29, 1.82) is 0 Å². The standard InChI is InChI=1S/C16H13F3O/c17-16(18,19)15-9-7-14(8-10-15)13-5-3-12(4-6-13)2-1-11-20/h1-10,20H,11H2/b2-1+. The van der Waals surface area contributed by atoms with E-state index < -0.39 is 11.7 Å². The Hall–Kier alpha value is -2.07. The molecule has 0 saturated heterocycles. The van der Waals surface area contributed by atoms with Crippen LogP contribution in [0.3, 0.4) is 0 Å². The summed E-state index contributed by atoms with van der Waals surface area (Å²) in [5, 5.41) is 8.67. The van der Waals surface area contributed by atoms with Crippen molar-refractivity contribution in [1.82, 2.24) is 0 Å². The zero-order chi connectivity index (χ0) is 14.6. The quantitative estimate of drug-likeness (QED) is 0.883. The highest BCUT2D eigenvalue weighted by molar-refractivity contribution is 5.66. The second-order valence-electron chi connectivity index (χ2n) is 4.28. The molecule has 4 heteroatoms. The van der Waals surface area contributed by atoms with Crippen molar-refractivity contribution in [2.45, 2.75) is 6.18 Å². The predicted octanol–water partition coefficient (Wildman–Crippen LogP) is 4.38. The van der Waals surface area contributed by atoms with E-state index in [1.54, 1.807) is 12.2 Å². The Balaban J connectivity index is 2.21. The Kier molecular flexibility index (Phi) is 4.25. The molecule has 0 unspecified atom stereocenters. The first kappa shape index (κ1) is 14.3. The largest absolute Gasteiger partial charge is 0.416 e. The number of halogens is 3. The molecule has 2 rings (SSSR count). The van der Waals surface area contributed by atoms with Gasteiger partial charge in [-0.3, -0.25) is 0 Å². The monoisotopic (exact) mass is 278 g/mol. The summed E-state index contributed by atoms with van der Waals surface area (Å²) in [7, 11) is 0. The molecule has 0 heterocycles. The molecule has 0 saturated carbocycles. The normalized spacial score (nSPS) is 12.0. The van der Waals surface area contributed by atoms with Crippen molar-refractivity contribution in [3.05, 3.63) is 65.7 Å². The van der Waals surface area contributed by atoms with E-state index in [0.29, 0.717) is 0 Å². The Morgan fingerprint density at radius 1 is 0.850 bits per heavy atom. The van der Waals surface area contributed by atoms with E-state index >= 15 is 0 Å². The van der Waals surface area contributed by atoms with Crippen molar-refractivity contribution < 1.29 is 18.3 Å². The lowest BCUT2D eigenvalue weighted by molar-refractivity contribution is -0.137. The molecule has 0 aliphatic heterocycles. The molecule has 2 aromatic rings. The van der Waals surface area contributed by atoms with E-state index in [1.807, 2.05) is 24.3 Å². The lowest BCUT2D eigenvalue weighted by Gasteiger charge is -2.08. The molecular formula is C16H13F3O. The van der Waals surface area contributed by atoms with E-state index in [-0.39, 0.29) is 6.61 Å². The third kappa shape index (κ3) is 3.48. The van der Waals surface area contributed by atoms with Crippen LogP contribution in [0, 0.1) is 0 Å². The molecule has 1 nitrogen and oxygen atoms in total. The number of aliphatic hydroxyl groups excluding tert-OH is 1. The maximum absolute atomic E-state index is 12.5. The first-order valence-electron chi connectivity index (χ1n) is 6.06. The van der Waals surface area contributed by atoms with Gasteiger partial charge in [-0.2, -0.15) is 13.2 Å². The third-order valence-electron chi connectivity index (χ3n) is 2.87. The Morgan fingerprint density at radius 3 is 1.80 bits per heavy atom. The molecule has 1 N–H and O–H groups in total. The minimum absolute atomic E-state index is 0.0271. The van der Waals surface area contributed by atoms with Gasteiger partial charge in [-0.1, -0.05) is 48.6 Å². The minimum Gasteiger partial charge on any atom is -0.392 e. The van der Waals surface area contributed by atoms with E-state index in [0.717, 1.165) is 28.8 Å². The maximum atomic E-state index is 12.5. The van der Waals surface area contributed by atoms with Crippen LogP contribution in [-0.4, -0.2) is 11.7 Å². The molecule has 0 aliphatic carbocycles. The van der Waals surface area contributed by atoms with Crippen LogP contribution in [0.4, 0.5) is 13.2 Å². The molecule has 20 heavy (non-hydrogen) atoms. The van der Waals surface area contributed by atoms with Gasteiger partial charge in [0.2, 0.25) is 0 Å². The number of benzene rings is 2. The number of alkyl halides is 3. The van der Waals surface area contributed by atoms with Gasteiger partial charge >= 0.3 is 6.18 Å². The average Bonchev–Trinajstić information content (AvgIpc) is 2.45. The van der Waals surface area contributed by atoms with Crippen molar-refractivity contribution >= 4 is 6.08 Å². The van der Waals surface area contributed by atoms with Gasteiger partial charge in [0.15, 0.2) is 0 Å². The Morgan fingerprint density at radius 2 is 1.35 bits per heavy atom. The van der Waals surface area contributed by atoms with Crippen molar-refractivity contribution in [3.63, 3.8) is 0 Å². The number of hydrogen-bond donors (Lipinski definition) is 1. The molecule has 0 aromatic heterocycles. The van der Waals surface area contributed by atoms with Crippen LogP contribution < -0.4 is 0 Å². The van der Waals surface area contributed by atoms with Crippen LogP contribution in [0.2, 0.25) is 0 Å². The molecule has 104 valence electrons. The topological polar surface area (TPSA) is 20.2 Å². The highest BCUT2D eigenvalue weighted by atomic mass is 19.4. The fourth-order valence-electron chi connectivity index (χ4n) is 1.83. The van der Waals surface area contributed by atoms with Gasteiger partial charge in [0, 0.05) is 0 Å². The van der Waals surface area contributed by atoms with Gasteiger partial charge in [-0.25, -0.2) is 0 Å². The molecule has 2 aromatic carbocycles.